The standard InChI is InChI=1S/C14H19N3OS/c1-2-7-15-12(3-1)4-8-16-13-17-14(11-19-13)5-9-18-10-6-14/h1-3,7H,4-6,8-11H2,(H,16,17). The number of nitrogens with one attached hydrogen (secondary N) is 1. The van der Waals surface area contributed by atoms with Crippen LogP contribution in [0.3, 0.4) is 0 Å². The van der Waals surface area contributed by atoms with Gasteiger partial charge in [0.15, 0.2) is 5.17 Å². The number of amidine groups is 1. The van der Waals surface area contributed by atoms with Crippen molar-refractivity contribution in [2.24, 2.45) is 4.99 Å². The van der Waals surface area contributed by atoms with E-state index >= 15 is 0 Å². The maximum atomic E-state index is 5.43. The molecular formula is C14H19N3OS. The van der Waals surface area contributed by atoms with Crippen molar-refractivity contribution in [2.45, 2.75) is 24.8 Å². The molecule has 0 saturated carbocycles. The van der Waals surface area contributed by atoms with Crippen LogP contribution in [0.4, 0.5) is 0 Å². The number of hydrogen-bond donors (Lipinski definition) is 1. The third-order valence-corrected chi connectivity index (χ3v) is 4.86. The van der Waals surface area contributed by atoms with E-state index in [1.807, 2.05) is 30.1 Å². The van der Waals surface area contributed by atoms with E-state index in [1.165, 1.54) is 0 Å². The molecule has 0 unspecified atom stereocenters. The van der Waals surface area contributed by atoms with Gasteiger partial charge in [-0.05, 0) is 25.0 Å². The zero-order valence-electron chi connectivity index (χ0n) is 11.0. The SMILES string of the molecule is c1ccc(CCN=C2NC3(CCOCC3)CS2)nc1. The Balaban J connectivity index is 1.52. The monoisotopic (exact) mass is 277 g/mol. The van der Waals surface area contributed by atoms with Crippen molar-refractivity contribution in [1.82, 2.24) is 10.3 Å². The quantitative estimate of drug-likeness (QED) is 0.916. The molecule has 2 saturated heterocycles. The van der Waals surface area contributed by atoms with Crippen LogP contribution in [0.2, 0.25) is 0 Å². The molecule has 1 aromatic heterocycles. The zero-order valence-corrected chi connectivity index (χ0v) is 11.8. The van der Waals surface area contributed by atoms with Gasteiger partial charge in [0, 0.05) is 43.8 Å². The first-order chi connectivity index (χ1) is 9.36. The van der Waals surface area contributed by atoms with E-state index in [0.29, 0.717) is 0 Å². The Kier molecular flexibility index (Phi) is 4.03. The molecule has 102 valence electrons. The minimum absolute atomic E-state index is 0.243. The van der Waals surface area contributed by atoms with E-state index in [0.717, 1.165) is 55.6 Å². The number of aliphatic imine (C=N–C) groups is 1. The molecule has 3 heterocycles. The summed E-state index contributed by atoms with van der Waals surface area (Å²) < 4.78 is 5.43. The molecule has 2 fully saturated rings. The predicted octanol–water partition coefficient (Wildman–Crippen LogP) is 1.87. The highest BCUT2D eigenvalue weighted by Gasteiger charge is 2.38. The highest BCUT2D eigenvalue weighted by Crippen LogP contribution is 2.31. The summed E-state index contributed by atoms with van der Waals surface area (Å²) in [5.41, 5.74) is 1.35. The van der Waals surface area contributed by atoms with Gasteiger partial charge in [-0.15, -0.1) is 0 Å². The van der Waals surface area contributed by atoms with Crippen LogP contribution in [0, 0.1) is 0 Å². The van der Waals surface area contributed by atoms with E-state index in [2.05, 4.69) is 21.4 Å². The lowest BCUT2D eigenvalue weighted by Gasteiger charge is -2.32. The summed E-state index contributed by atoms with van der Waals surface area (Å²) in [6.07, 6.45) is 4.93. The van der Waals surface area contributed by atoms with Gasteiger partial charge >= 0.3 is 0 Å². The second-order valence-corrected chi connectivity index (χ2v) is 6.03. The normalized spacial score (nSPS) is 23.7. The Morgan fingerprint density at radius 2 is 2.26 bits per heavy atom. The van der Waals surface area contributed by atoms with Gasteiger partial charge in [-0.25, -0.2) is 0 Å². The van der Waals surface area contributed by atoms with Gasteiger partial charge in [0.2, 0.25) is 0 Å². The molecule has 5 heteroatoms. The van der Waals surface area contributed by atoms with Crippen LogP contribution < -0.4 is 5.32 Å². The van der Waals surface area contributed by atoms with Crippen molar-refractivity contribution in [3.05, 3.63) is 30.1 Å². The van der Waals surface area contributed by atoms with Crippen molar-refractivity contribution in [1.29, 1.82) is 0 Å². The molecule has 3 rings (SSSR count). The molecule has 4 nitrogen and oxygen atoms in total. The third kappa shape index (κ3) is 3.28. The van der Waals surface area contributed by atoms with Crippen molar-refractivity contribution in [3.63, 3.8) is 0 Å². The molecule has 2 aliphatic rings. The number of hydrogen-bond acceptors (Lipinski definition) is 4. The number of rotatable bonds is 3. The summed E-state index contributed by atoms with van der Waals surface area (Å²) >= 11 is 1.85. The lowest BCUT2D eigenvalue weighted by Crippen LogP contribution is -2.48. The van der Waals surface area contributed by atoms with E-state index in [9.17, 15) is 0 Å². The summed E-state index contributed by atoms with van der Waals surface area (Å²) in [6, 6.07) is 6.02. The second kappa shape index (κ2) is 5.92. The molecule has 1 N–H and O–H groups in total. The largest absolute Gasteiger partial charge is 0.381 e. The summed E-state index contributed by atoms with van der Waals surface area (Å²) in [5, 5.41) is 4.70. The predicted molar refractivity (Wildman–Crippen MR) is 78.6 cm³/mol. The van der Waals surface area contributed by atoms with Crippen molar-refractivity contribution in [3.8, 4) is 0 Å². The van der Waals surface area contributed by atoms with E-state index < -0.39 is 0 Å². The molecule has 2 aliphatic heterocycles. The van der Waals surface area contributed by atoms with Crippen molar-refractivity contribution < 1.29 is 4.74 Å². The molecule has 1 spiro atoms. The maximum Gasteiger partial charge on any atom is 0.157 e. The number of thioether (sulfide) groups is 1. The van der Waals surface area contributed by atoms with Gasteiger partial charge < -0.3 is 10.1 Å². The Morgan fingerprint density at radius 3 is 3.05 bits per heavy atom. The third-order valence-electron chi connectivity index (χ3n) is 3.66. The average Bonchev–Trinajstić information content (AvgIpc) is 2.84. The van der Waals surface area contributed by atoms with E-state index in [-0.39, 0.29) is 5.54 Å². The van der Waals surface area contributed by atoms with E-state index in [1.54, 1.807) is 0 Å². The van der Waals surface area contributed by atoms with E-state index in [4.69, 9.17) is 4.74 Å². The smallest absolute Gasteiger partial charge is 0.157 e. The lowest BCUT2D eigenvalue weighted by molar-refractivity contribution is 0.0555. The van der Waals surface area contributed by atoms with Gasteiger partial charge in [0.25, 0.3) is 0 Å². The summed E-state index contributed by atoms with van der Waals surface area (Å²) in [7, 11) is 0. The molecule has 0 amide bonds. The van der Waals surface area contributed by atoms with Crippen LogP contribution in [0.15, 0.2) is 29.4 Å². The number of nitrogens with zero attached hydrogens (tertiary/aromatic N) is 2. The first-order valence-corrected chi connectivity index (χ1v) is 7.78. The van der Waals surface area contributed by atoms with Crippen LogP contribution in [-0.4, -0.2) is 41.2 Å². The minimum Gasteiger partial charge on any atom is -0.381 e. The fourth-order valence-electron chi connectivity index (χ4n) is 2.44. The summed E-state index contributed by atoms with van der Waals surface area (Å²) in [5.74, 6) is 1.12. The fraction of sp³-hybridized carbons (Fsp3) is 0.571. The molecule has 19 heavy (non-hydrogen) atoms. The molecule has 0 radical (unpaired) electrons. The Labute approximate surface area is 118 Å². The van der Waals surface area contributed by atoms with Crippen LogP contribution in [-0.2, 0) is 11.2 Å². The summed E-state index contributed by atoms with van der Waals surface area (Å²) in [4.78, 5) is 8.97. The fourth-order valence-corrected chi connectivity index (χ4v) is 3.69. The van der Waals surface area contributed by atoms with Gasteiger partial charge in [0.1, 0.15) is 0 Å². The molecular weight excluding hydrogens is 258 g/mol. The van der Waals surface area contributed by atoms with Gasteiger partial charge in [0.05, 0.1) is 5.54 Å². The molecule has 0 aromatic carbocycles. The zero-order chi connectivity index (χ0) is 13.0. The number of aromatic nitrogens is 1. The Bertz CT molecular complexity index is 443. The first kappa shape index (κ1) is 12.9. The molecule has 1 aromatic rings. The first-order valence-electron chi connectivity index (χ1n) is 6.79. The van der Waals surface area contributed by atoms with Gasteiger partial charge in [-0.1, -0.05) is 17.8 Å². The van der Waals surface area contributed by atoms with Gasteiger partial charge in [-0.3, -0.25) is 9.98 Å². The maximum absolute atomic E-state index is 5.43. The van der Waals surface area contributed by atoms with Crippen LogP contribution in [0.25, 0.3) is 0 Å². The Morgan fingerprint density at radius 1 is 1.37 bits per heavy atom. The second-order valence-electron chi connectivity index (χ2n) is 5.06. The van der Waals surface area contributed by atoms with Gasteiger partial charge in [-0.2, -0.15) is 0 Å². The molecule has 0 aliphatic carbocycles. The average molecular weight is 277 g/mol. The van der Waals surface area contributed by atoms with Crippen LogP contribution >= 0.6 is 11.8 Å². The molecule has 0 bridgehead atoms. The topological polar surface area (TPSA) is 46.5 Å². The molecule has 0 atom stereocenters. The van der Waals surface area contributed by atoms with Crippen molar-refractivity contribution in [2.75, 3.05) is 25.5 Å². The highest BCUT2D eigenvalue weighted by molar-refractivity contribution is 8.14. The van der Waals surface area contributed by atoms with Crippen LogP contribution in [0.1, 0.15) is 18.5 Å². The highest BCUT2D eigenvalue weighted by atomic mass is 32.2. The number of pyridine rings is 1. The van der Waals surface area contributed by atoms with Crippen molar-refractivity contribution >= 4 is 16.9 Å². The summed E-state index contributed by atoms with van der Waals surface area (Å²) in [6.45, 7) is 2.54. The minimum atomic E-state index is 0.243. The number of ether oxygens (including phenoxy) is 1. The Hall–Kier alpha value is -1.07. The lowest BCUT2D eigenvalue weighted by atomic mass is 9.93. The van der Waals surface area contributed by atoms with Crippen LogP contribution in [0.5, 0.6) is 0 Å².